The molecule has 20 heavy (non-hydrogen) atoms. The summed E-state index contributed by atoms with van der Waals surface area (Å²) < 4.78 is 6.27. The highest BCUT2D eigenvalue weighted by Gasteiger charge is 2.25. The Bertz CT molecular complexity index is 554. The van der Waals surface area contributed by atoms with Crippen molar-refractivity contribution < 1.29 is 19.4 Å². The first-order valence-electron chi connectivity index (χ1n) is 6.49. The summed E-state index contributed by atoms with van der Waals surface area (Å²) in [6.07, 6.45) is 1.59. The van der Waals surface area contributed by atoms with Crippen LogP contribution < -0.4 is 5.69 Å². The number of carbonyl (C=O) groups excluding carboxylic acids is 1. The molecule has 8 nitrogen and oxygen atoms in total. The normalized spacial score (nSPS) is 16.1. The molecular weight excluding hydrogens is 266 g/mol. The van der Waals surface area contributed by atoms with Crippen LogP contribution in [0.5, 0.6) is 0 Å². The van der Waals surface area contributed by atoms with Crippen molar-refractivity contribution in [3.8, 4) is 0 Å². The van der Waals surface area contributed by atoms with E-state index in [0.29, 0.717) is 25.9 Å². The van der Waals surface area contributed by atoms with Crippen molar-refractivity contribution >= 4 is 12.1 Å². The van der Waals surface area contributed by atoms with E-state index in [1.807, 2.05) is 0 Å². The second-order valence-electron chi connectivity index (χ2n) is 4.60. The van der Waals surface area contributed by atoms with Gasteiger partial charge in [0.25, 0.3) is 0 Å². The van der Waals surface area contributed by atoms with Crippen LogP contribution in [0.4, 0.5) is 4.79 Å². The number of amides is 1. The third-order valence-corrected chi connectivity index (χ3v) is 3.37. The van der Waals surface area contributed by atoms with Gasteiger partial charge in [-0.2, -0.15) is 0 Å². The van der Waals surface area contributed by atoms with Gasteiger partial charge < -0.3 is 19.7 Å². The molecule has 1 aromatic rings. The molecule has 110 valence electrons. The molecule has 1 aromatic heterocycles. The molecule has 8 heteroatoms. The molecule has 1 aliphatic rings. The number of carboxylic acid groups (broad SMARTS) is 1. The summed E-state index contributed by atoms with van der Waals surface area (Å²) in [6, 6.07) is -0.0995. The van der Waals surface area contributed by atoms with Gasteiger partial charge in [0, 0.05) is 25.3 Å². The Balaban J connectivity index is 2.09. The number of nitrogens with one attached hydrogen (secondary N) is 1. The van der Waals surface area contributed by atoms with Crippen LogP contribution in [-0.4, -0.2) is 51.3 Å². The summed E-state index contributed by atoms with van der Waals surface area (Å²) >= 11 is 0. The minimum Gasteiger partial charge on any atom is -0.465 e. The number of nitrogens with zero attached hydrogens (tertiary/aromatic N) is 2. The van der Waals surface area contributed by atoms with Gasteiger partial charge in [0.15, 0.2) is 0 Å². The summed E-state index contributed by atoms with van der Waals surface area (Å²) in [5.74, 6) is -0.564. The van der Waals surface area contributed by atoms with Crippen LogP contribution in [0.25, 0.3) is 0 Å². The zero-order valence-electron chi connectivity index (χ0n) is 11.2. The summed E-state index contributed by atoms with van der Waals surface area (Å²) in [4.78, 5) is 38.0. The van der Waals surface area contributed by atoms with Gasteiger partial charge in [-0.25, -0.2) is 14.4 Å². The Hall–Kier alpha value is -2.25. The van der Waals surface area contributed by atoms with Gasteiger partial charge in [0.1, 0.15) is 5.69 Å². The Morgan fingerprint density at radius 3 is 2.65 bits per heavy atom. The number of hydrogen-bond acceptors (Lipinski definition) is 4. The summed E-state index contributed by atoms with van der Waals surface area (Å²) in [6.45, 7) is 2.69. The fraction of sp³-hybridized carbons (Fsp3) is 0.583. The first kappa shape index (κ1) is 14.2. The third kappa shape index (κ3) is 2.84. The van der Waals surface area contributed by atoms with Crippen LogP contribution in [0.15, 0.2) is 11.0 Å². The maximum Gasteiger partial charge on any atom is 0.407 e. The van der Waals surface area contributed by atoms with Crippen LogP contribution >= 0.6 is 0 Å². The molecule has 1 fully saturated rings. The van der Waals surface area contributed by atoms with Crippen LogP contribution in [0, 0.1) is 0 Å². The van der Waals surface area contributed by atoms with E-state index < -0.39 is 12.1 Å². The van der Waals surface area contributed by atoms with Crippen LogP contribution in [0.3, 0.4) is 0 Å². The number of esters is 1. The fourth-order valence-corrected chi connectivity index (χ4v) is 2.33. The number of piperidine rings is 1. The number of likely N-dealkylation sites (tertiary alicyclic amines) is 1. The minimum atomic E-state index is -0.947. The highest BCUT2D eigenvalue weighted by atomic mass is 16.5. The smallest absolute Gasteiger partial charge is 0.407 e. The van der Waals surface area contributed by atoms with E-state index in [1.54, 1.807) is 6.92 Å². The molecule has 1 amide bonds. The summed E-state index contributed by atoms with van der Waals surface area (Å²) in [7, 11) is 0. The minimum absolute atomic E-state index is 0.0995. The quantitative estimate of drug-likeness (QED) is 0.793. The molecule has 0 saturated carbocycles. The van der Waals surface area contributed by atoms with Crippen LogP contribution in [-0.2, 0) is 4.74 Å². The first-order chi connectivity index (χ1) is 9.52. The van der Waals surface area contributed by atoms with E-state index in [4.69, 9.17) is 9.84 Å². The first-order valence-corrected chi connectivity index (χ1v) is 6.49. The summed E-state index contributed by atoms with van der Waals surface area (Å²) in [5, 5.41) is 8.88. The zero-order chi connectivity index (χ0) is 14.7. The van der Waals surface area contributed by atoms with E-state index in [1.165, 1.54) is 15.7 Å². The summed E-state index contributed by atoms with van der Waals surface area (Å²) in [5.41, 5.74) is -0.251. The lowest BCUT2D eigenvalue weighted by Gasteiger charge is -2.30. The van der Waals surface area contributed by atoms with Crippen molar-refractivity contribution in [2.45, 2.75) is 25.8 Å². The van der Waals surface area contributed by atoms with Crippen molar-refractivity contribution in [1.82, 2.24) is 14.5 Å². The molecule has 0 aromatic carbocycles. The molecule has 0 aliphatic carbocycles. The van der Waals surface area contributed by atoms with Gasteiger partial charge in [-0.3, -0.25) is 4.57 Å². The van der Waals surface area contributed by atoms with E-state index >= 15 is 0 Å². The molecule has 0 atom stereocenters. The SMILES string of the molecule is CCOC(=O)c1cn(C2CCN(C(=O)O)CC2)c(=O)[nH]1. The number of rotatable bonds is 3. The van der Waals surface area contributed by atoms with Crippen molar-refractivity contribution in [3.63, 3.8) is 0 Å². The number of aromatic nitrogens is 2. The van der Waals surface area contributed by atoms with Crippen LogP contribution in [0.2, 0.25) is 0 Å². The third-order valence-electron chi connectivity index (χ3n) is 3.37. The Morgan fingerprint density at radius 1 is 1.45 bits per heavy atom. The number of aromatic amines is 1. The van der Waals surface area contributed by atoms with E-state index in [9.17, 15) is 14.4 Å². The highest BCUT2D eigenvalue weighted by Crippen LogP contribution is 2.21. The second kappa shape index (κ2) is 5.81. The predicted molar refractivity (Wildman–Crippen MR) is 68.9 cm³/mol. The second-order valence-corrected chi connectivity index (χ2v) is 4.60. The average Bonchev–Trinajstić information content (AvgIpc) is 2.81. The molecule has 2 N–H and O–H groups in total. The Morgan fingerprint density at radius 2 is 2.10 bits per heavy atom. The van der Waals surface area contributed by atoms with Gasteiger partial charge in [0.2, 0.25) is 0 Å². The van der Waals surface area contributed by atoms with Gasteiger partial charge >= 0.3 is 17.8 Å². The average molecular weight is 283 g/mol. The molecule has 2 heterocycles. The van der Waals surface area contributed by atoms with Gasteiger partial charge in [-0.15, -0.1) is 0 Å². The molecule has 0 bridgehead atoms. The van der Waals surface area contributed by atoms with E-state index in [-0.39, 0.29) is 24.0 Å². The lowest BCUT2D eigenvalue weighted by atomic mass is 10.1. The molecular formula is C12H17N3O5. The topological polar surface area (TPSA) is 105 Å². The molecule has 0 radical (unpaired) electrons. The highest BCUT2D eigenvalue weighted by molar-refractivity contribution is 5.86. The molecule has 0 spiro atoms. The monoisotopic (exact) mass is 283 g/mol. The van der Waals surface area contributed by atoms with Crippen molar-refractivity contribution in [2.75, 3.05) is 19.7 Å². The van der Waals surface area contributed by atoms with Gasteiger partial charge in [0.05, 0.1) is 6.61 Å². The van der Waals surface area contributed by atoms with Crippen molar-refractivity contribution in [2.24, 2.45) is 0 Å². The largest absolute Gasteiger partial charge is 0.465 e. The van der Waals surface area contributed by atoms with Gasteiger partial charge in [-0.1, -0.05) is 0 Å². The molecule has 1 saturated heterocycles. The maximum absolute atomic E-state index is 11.8. The standard InChI is InChI=1S/C12H17N3O5/c1-2-20-10(16)9-7-15(11(17)13-9)8-3-5-14(6-4-8)12(18)19/h7-8H,2-6H2,1H3,(H,13,17)(H,18,19). The lowest BCUT2D eigenvalue weighted by Crippen LogP contribution is -2.39. The number of H-pyrrole nitrogens is 1. The molecule has 2 rings (SSSR count). The molecule has 1 aliphatic heterocycles. The van der Waals surface area contributed by atoms with Crippen molar-refractivity contribution in [3.05, 3.63) is 22.4 Å². The fourth-order valence-electron chi connectivity index (χ4n) is 2.33. The number of hydrogen-bond donors (Lipinski definition) is 2. The number of ether oxygens (including phenoxy) is 1. The Kier molecular flexibility index (Phi) is 4.11. The van der Waals surface area contributed by atoms with E-state index in [0.717, 1.165) is 0 Å². The number of imidazole rings is 1. The maximum atomic E-state index is 11.8. The molecule has 0 unspecified atom stereocenters. The zero-order valence-corrected chi connectivity index (χ0v) is 11.2. The lowest BCUT2D eigenvalue weighted by molar-refractivity contribution is 0.0519. The van der Waals surface area contributed by atoms with E-state index in [2.05, 4.69) is 4.98 Å². The van der Waals surface area contributed by atoms with Crippen molar-refractivity contribution in [1.29, 1.82) is 0 Å². The predicted octanol–water partition coefficient (Wildman–Crippen LogP) is 0.668. The number of carbonyl (C=O) groups is 2. The Labute approximate surface area is 115 Å². The van der Waals surface area contributed by atoms with Gasteiger partial charge in [-0.05, 0) is 19.8 Å². The van der Waals surface area contributed by atoms with Crippen LogP contribution in [0.1, 0.15) is 36.3 Å².